The SMILES string of the molecule is CCN1CCC(N(C)S(=O)(=O)c2c[nH]ccc2=O)CC1. The van der Waals surface area contributed by atoms with Crippen LogP contribution >= 0.6 is 0 Å². The summed E-state index contributed by atoms with van der Waals surface area (Å²) in [5, 5.41) is 0. The molecule has 1 saturated heterocycles. The summed E-state index contributed by atoms with van der Waals surface area (Å²) in [6.45, 7) is 4.88. The summed E-state index contributed by atoms with van der Waals surface area (Å²) < 4.78 is 26.3. The minimum Gasteiger partial charge on any atom is -0.366 e. The van der Waals surface area contributed by atoms with Gasteiger partial charge in [-0.05, 0) is 32.5 Å². The molecule has 2 heterocycles. The van der Waals surface area contributed by atoms with Crippen LogP contribution in [0, 0.1) is 0 Å². The van der Waals surface area contributed by atoms with Gasteiger partial charge in [-0.2, -0.15) is 4.31 Å². The number of piperidine rings is 1. The van der Waals surface area contributed by atoms with Crippen molar-refractivity contribution in [2.45, 2.75) is 30.7 Å². The van der Waals surface area contributed by atoms with Gasteiger partial charge in [0.2, 0.25) is 15.5 Å². The van der Waals surface area contributed by atoms with Crippen LogP contribution in [0.1, 0.15) is 19.8 Å². The summed E-state index contributed by atoms with van der Waals surface area (Å²) in [7, 11) is -2.16. The van der Waals surface area contributed by atoms with Crippen molar-refractivity contribution in [3.05, 3.63) is 28.7 Å². The molecule has 0 unspecified atom stereocenters. The number of hydrogen-bond acceptors (Lipinski definition) is 4. The summed E-state index contributed by atoms with van der Waals surface area (Å²) in [6, 6.07) is 1.20. The van der Waals surface area contributed by atoms with E-state index in [9.17, 15) is 13.2 Å². The second-order valence-electron chi connectivity index (χ2n) is 5.06. The van der Waals surface area contributed by atoms with Crippen LogP contribution in [-0.4, -0.2) is 55.3 Å². The van der Waals surface area contributed by atoms with Gasteiger partial charge in [-0.3, -0.25) is 4.79 Å². The Morgan fingerprint density at radius 2 is 2.05 bits per heavy atom. The summed E-state index contributed by atoms with van der Waals surface area (Å²) >= 11 is 0. The van der Waals surface area contributed by atoms with Crippen molar-refractivity contribution < 1.29 is 8.42 Å². The Bertz CT molecular complexity index is 603. The highest BCUT2D eigenvalue weighted by atomic mass is 32.2. The van der Waals surface area contributed by atoms with E-state index in [1.54, 1.807) is 7.05 Å². The van der Waals surface area contributed by atoms with Crippen molar-refractivity contribution in [1.29, 1.82) is 0 Å². The quantitative estimate of drug-likeness (QED) is 0.877. The second-order valence-corrected chi connectivity index (χ2v) is 7.03. The maximum Gasteiger partial charge on any atom is 0.248 e. The smallest absolute Gasteiger partial charge is 0.248 e. The van der Waals surface area contributed by atoms with Crippen molar-refractivity contribution in [3.63, 3.8) is 0 Å². The molecule has 2 rings (SSSR count). The van der Waals surface area contributed by atoms with Gasteiger partial charge in [-0.15, -0.1) is 0 Å². The molecule has 1 aliphatic heterocycles. The van der Waals surface area contributed by atoms with Crippen LogP contribution in [0.15, 0.2) is 28.2 Å². The number of nitrogens with one attached hydrogen (secondary N) is 1. The second kappa shape index (κ2) is 6.07. The summed E-state index contributed by atoms with van der Waals surface area (Å²) in [5.41, 5.74) is -0.471. The monoisotopic (exact) mass is 299 g/mol. The Kier molecular flexibility index (Phi) is 4.62. The Balaban J connectivity index is 2.19. The van der Waals surface area contributed by atoms with Crippen molar-refractivity contribution >= 4 is 10.0 Å². The molecule has 6 nitrogen and oxygen atoms in total. The lowest BCUT2D eigenvalue weighted by Crippen LogP contribution is -2.46. The molecule has 7 heteroatoms. The molecule has 1 aliphatic rings. The van der Waals surface area contributed by atoms with Crippen molar-refractivity contribution in [3.8, 4) is 0 Å². The first-order valence-electron chi connectivity index (χ1n) is 6.84. The Morgan fingerprint density at radius 3 is 2.60 bits per heavy atom. The van der Waals surface area contributed by atoms with Crippen LogP contribution in [0.3, 0.4) is 0 Å². The molecule has 0 aliphatic carbocycles. The molecule has 1 aromatic rings. The number of aromatic nitrogens is 1. The normalized spacial score (nSPS) is 18.6. The molecule has 0 spiro atoms. The van der Waals surface area contributed by atoms with Crippen molar-refractivity contribution in [2.75, 3.05) is 26.7 Å². The van der Waals surface area contributed by atoms with Crippen LogP contribution in [0.25, 0.3) is 0 Å². The fourth-order valence-corrected chi connectivity index (χ4v) is 4.01. The fraction of sp³-hybridized carbons (Fsp3) is 0.615. The van der Waals surface area contributed by atoms with Gasteiger partial charge in [-0.25, -0.2) is 8.42 Å². The fourth-order valence-electron chi connectivity index (χ4n) is 2.55. The third-order valence-electron chi connectivity index (χ3n) is 3.96. The number of sulfonamides is 1. The van der Waals surface area contributed by atoms with Crippen LogP contribution in [0.4, 0.5) is 0 Å². The largest absolute Gasteiger partial charge is 0.366 e. The molecule has 0 saturated carbocycles. The summed E-state index contributed by atoms with van der Waals surface area (Å²) in [6.07, 6.45) is 4.29. The number of pyridine rings is 1. The first-order chi connectivity index (χ1) is 9.46. The highest BCUT2D eigenvalue weighted by Gasteiger charge is 2.31. The van der Waals surface area contributed by atoms with E-state index in [-0.39, 0.29) is 10.9 Å². The Hall–Kier alpha value is -1.18. The lowest BCUT2D eigenvalue weighted by atomic mass is 10.1. The van der Waals surface area contributed by atoms with Gasteiger partial charge in [-0.1, -0.05) is 6.92 Å². The Morgan fingerprint density at radius 1 is 1.40 bits per heavy atom. The zero-order chi connectivity index (χ0) is 14.8. The van der Waals surface area contributed by atoms with E-state index < -0.39 is 15.5 Å². The van der Waals surface area contributed by atoms with E-state index in [4.69, 9.17) is 0 Å². The van der Waals surface area contributed by atoms with Gasteiger partial charge in [0.1, 0.15) is 4.90 Å². The third-order valence-corrected chi connectivity index (χ3v) is 5.90. The minimum atomic E-state index is -3.72. The maximum absolute atomic E-state index is 12.5. The van der Waals surface area contributed by atoms with Crippen LogP contribution in [0.5, 0.6) is 0 Å². The maximum atomic E-state index is 12.5. The third kappa shape index (κ3) is 2.94. The Labute approximate surface area is 119 Å². The molecule has 0 bridgehead atoms. The molecular weight excluding hydrogens is 278 g/mol. The standard InChI is InChI=1S/C13H21N3O3S/c1-3-16-8-5-11(6-9-16)15(2)20(18,19)13-10-14-7-4-12(13)17/h4,7,10-11H,3,5-6,8-9H2,1-2H3,(H,14,17). The number of aromatic amines is 1. The van der Waals surface area contributed by atoms with Gasteiger partial charge in [0.15, 0.2) is 0 Å². The zero-order valence-corrected chi connectivity index (χ0v) is 12.7. The van der Waals surface area contributed by atoms with Gasteiger partial charge < -0.3 is 9.88 Å². The predicted molar refractivity (Wildman–Crippen MR) is 77.1 cm³/mol. The lowest BCUT2D eigenvalue weighted by Gasteiger charge is -2.35. The molecule has 0 radical (unpaired) electrons. The van der Waals surface area contributed by atoms with Crippen LogP contribution in [-0.2, 0) is 10.0 Å². The molecular formula is C13H21N3O3S. The highest BCUT2D eigenvalue weighted by Crippen LogP contribution is 2.20. The molecule has 1 N–H and O–H groups in total. The minimum absolute atomic E-state index is 0.0394. The summed E-state index contributed by atoms with van der Waals surface area (Å²) in [5.74, 6) is 0. The number of likely N-dealkylation sites (tertiary alicyclic amines) is 1. The average molecular weight is 299 g/mol. The van der Waals surface area contributed by atoms with Gasteiger partial charge in [0.05, 0.1) is 0 Å². The van der Waals surface area contributed by atoms with E-state index in [1.165, 1.54) is 22.8 Å². The number of nitrogens with zero attached hydrogens (tertiary/aromatic N) is 2. The van der Waals surface area contributed by atoms with E-state index in [0.29, 0.717) is 0 Å². The topological polar surface area (TPSA) is 73.5 Å². The molecule has 20 heavy (non-hydrogen) atoms. The number of hydrogen-bond donors (Lipinski definition) is 1. The first kappa shape index (κ1) is 15.2. The summed E-state index contributed by atoms with van der Waals surface area (Å²) in [4.78, 5) is 16.5. The van der Waals surface area contributed by atoms with Gasteiger partial charge in [0, 0.05) is 31.5 Å². The van der Waals surface area contributed by atoms with Crippen LogP contribution < -0.4 is 5.43 Å². The van der Waals surface area contributed by atoms with E-state index in [0.717, 1.165) is 32.5 Å². The number of H-pyrrole nitrogens is 1. The molecule has 0 amide bonds. The van der Waals surface area contributed by atoms with Crippen LogP contribution in [0.2, 0.25) is 0 Å². The average Bonchev–Trinajstić information content (AvgIpc) is 2.47. The molecule has 1 aromatic heterocycles. The lowest BCUT2D eigenvalue weighted by molar-refractivity contribution is 0.176. The van der Waals surface area contributed by atoms with E-state index in [2.05, 4.69) is 16.8 Å². The first-order valence-corrected chi connectivity index (χ1v) is 8.28. The predicted octanol–water partition coefficient (Wildman–Crippen LogP) is 0.480. The number of rotatable bonds is 4. The van der Waals surface area contributed by atoms with Gasteiger partial charge >= 0.3 is 0 Å². The highest BCUT2D eigenvalue weighted by molar-refractivity contribution is 7.89. The van der Waals surface area contributed by atoms with E-state index in [1.807, 2.05) is 0 Å². The molecule has 1 fully saturated rings. The molecule has 112 valence electrons. The van der Waals surface area contributed by atoms with E-state index >= 15 is 0 Å². The zero-order valence-electron chi connectivity index (χ0n) is 11.9. The molecule has 0 aromatic carbocycles. The molecule has 0 atom stereocenters. The van der Waals surface area contributed by atoms with Crippen molar-refractivity contribution in [1.82, 2.24) is 14.2 Å². The van der Waals surface area contributed by atoms with Crippen molar-refractivity contribution in [2.24, 2.45) is 0 Å². The van der Waals surface area contributed by atoms with Gasteiger partial charge in [0.25, 0.3) is 0 Å².